The Kier molecular flexibility index (Phi) is 3.39. The van der Waals surface area contributed by atoms with Crippen LogP contribution < -0.4 is 15.6 Å². The molecule has 0 bridgehead atoms. The second-order valence-corrected chi connectivity index (χ2v) is 4.81. The zero-order valence-corrected chi connectivity index (χ0v) is 11.9. The Morgan fingerprint density at radius 1 is 1.29 bits per heavy atom. The lowest BCUT2D eigenvalue weighted by molar-refractivity contribution is 0.408. The number of aryl methyl sites for hydroxylation is 1. The van der Waals surface area contributed by atoms with Crippen molar-refractivity contribution < 1.29 is 9.15 Å². The van der Waals surface area contributed by atoms with Gasteiger partial charge in [-0.1, -0.05) is 12.1 Å². The predicted molar refractivity (Wildman–Crippen MR) is 81.8 cm³/mol. The lowest BCUT2D eigenvalue weighted by Gasteiger charge is -2.05. The van der Waals surface area contributed by atoms with Crippen LogP contribution >= 0.6 is 0 Å². The predicted octanol–water partition coefficient (Wildman–Crippen LogP) is 2.75. The molecule has 5 heteroatoms. The van der Waals surface area contributed by atoms with E-state index in [-0.39, 0.29) is 5.56 Å². The van der Waals surface area contributed by atoms with E-state index in [4.69, 9.17) is 9.15 Å². The third kappa shape index (κ3) is 2.63. The third-order valence-electron chi connectivity index (χ3n) is 3.33. The van der Waals surface area contributed by atoms with Gasteiger partial charge in [-0.2, -0.15) is 0 Å². The van der Waals surface area contributed by atoms with Crippen molar-refractivity contribution in [3.63, 3.8) is 0 Å². The summed E-state index contributed by atoms with van der Waals surface area (Å²) in [5, 5.41) is 4.24. The van der Waals surface area contributed by atoms with Crippen LogP contribution in [-0.4, -0.2) is 11.7 Å². The van der Waals surface area contributed by atoms with Gasteiger partial charge in [-0.05, 0) is 18.2 Å². The van der Waals surface area contributed by atoms with E-state index in [9.17, 15) is 4.79 Å². The second kappa shape index (κ2) is 5.36. The summed E-state index contributed by atoms with van der Waals surface area (Å²) in [5.41, 5.74) is 1.58. The molecule has 1 aromatic carbocycles. The number of hydrogen-bond acceptors (Lipinski definition) is 4. The zero-order chi connectivity index (χ0) is 14.8. The molecule has 0 fully saturated rings. The van der Waals surface area contributed by atoms with Crippen LogP contribution in [0.15, 0.2) is 51.8 Å². The average Bonchev–Trinajstić information content (AvgIpc) is 2.91. The SMILES string of the molecule is COc1cccc2cc(CNc3ccc(=O)n(C)c3)oc12. The third-order valence-corrected chi connectivity index (χ3v) is 3.33. The van der Waals surface area contributed by atoms with E-state index in [1.54, 1.807) is 26.4 Å². The van der Waals surface area contributed by atoms with Crippen LogP contribution in [0.5, 0.6) is 5.75 Å². The largest absolute Gasteiger partial charge is 0.493 e. The van der Waals surface area contributed by atoms with Crippen LogP contribution in [0, 0.1) is 0 Å². The van der Waals surface area contributed by atoms with Gasteiger partial charge in [-0.3, -0.25) is 4.79 Å². The molecule has 2 aromatic heterocycles. The fraction of sp³-hybridized carbons (Fsp3) is 0.188. The van der Waals surface area contributed by atoms with Gasteiger partial charge < -0.3 is 19.0 Å². The summed E-state index contributed by atoms with van der Waals surface area (Å²) in [5.74, 6) is 1.53. The van der Waals surface area contributed by atoms with Crippen LogP contribution in [0.2, 0.25) is 0 Å². The quantitative estimate of drug-likeness (QED) is 0.800. The fourth-order valence-electron chi connectivity index (χ4n) is 2.23. The van der Waals surface area contributed by atoms with E-state index < -0.39 is 0 Å². The molecule has 0 unspecified atom stereocenters. The van der Waals surface area contributed by atoms with Crippen LogP contribution in [0.4, 0.5) is 5.69 Å². The number of hydrogen-bond donors (Lipinski definition) is 1. The summed E-state index contributed by atoms with van der Waals surface area (Å²) in [4.78, 5) is 11.3. The molecule has 21 heavy (non-hydrogen) atoms. The van der Waals surface area contributed by atoms with Gasteiger partial charge in [0.1, 0.15) is 5.76 Å². The highest BCUT2D eigenvalue weighted by molar-refractivity contribution is 5.83. The van der Waals surface area contributed by atoms with Crippen molar-refractivity contribution in [1.82, 2.24) is 4.57 Å². The van der Waals surface area contributed by atoms with Gasteiger partial charge >= 0.3 is 0 Å². The number of furan rings is 1. The van der Waals surface area contributed by atoms with Crippen LogP contribution in [0.1, 0.15) is 5.76 Å². The molecule has 108 valence electrons. The Labute approximate surface area is 121 Å². The number of nitrogens with one attached hydrogen (secondary N) is 1. The summed E-state index contributed by atoms with van der Waals surface area (Å²) in [6, 6.07) is 11.1. The zero-order valence-electron chi connectivity index (χ0n) is 11.9. The van der Waals surface area contributed by atoms with E-state index in [0.717, 1.165) is 28.2 Å². The molecule has 2 heterocycles. The summed E-state index contributed by atoms with van der Waals surface area (Å²) in [6.07, 6.45) is 1.76. The van der Waals surface area contributed by atoms with Crippen molar-refractivity contribution in [2.45, 2.75) is 6.54 Å². The highest BCUT2D eigenvalue weighted by Crippen LogP contribution is 2.28. The molecule has 0 spiro atoms. The molecule has 5 nitrogen and oxygen atoms in total. The van der Waals surface area contributed by atoms with Gasteiger partial charge in [-0.25, -0.2) is 0 Å². The number of pyridine rings is 1. The molecule has 1 N–H and O–H groups in total. The second-order valence-electron chi connectivity index (χ2n) is 4.81. The molecule has 0 saturated heterocycles. The maximum atomic E-state index is 11.3. The van der Waals surface area contributed by atoms with Crippen molar-refractivity contribution in [3.05, 3.63) is 58.7 Å². The summed E-state index contributed by atoms with van der Waals surface area (Å²) >= 11 is 0. The summed E-state index contributed by atoms with van der Waals surface area (Å²) < 4.78 is 12.6. The fourth-order valence-corrected chi connectivity index (χ4v) is 2.23. The molecule has 0 saturated carbocycles. The highest BCUT2D eigenvalue weighted by atomic mass is 16.5. The van der Waals surface area contributed by atoms with Crippen molar-refractivity contribution >= 4 is 16.7 Å². The van der Waals surface area contributed by atoms with E-state index >= 15 is 0 Å². The molecular formula is C16H16N2O3. The number of para-hydroxylation sites is 1. The van der Waals surface area contributed by atoms with Gasteiger partial charge in [-0.15, -0.1) is 0 Å². The maximum Gasteiger partial charge on any atom is 0.250 e. The van der Waals surface area contributed by atoms with Crippen molar-refractivity contribution in [2.75, 3.05) is 12.4 Å². The first kappa shape index (κ1) is 13.3. The lowest BCUT2D eigenvalue weighted by Crippen LogP contribution is -2.15. The minimum absolute atomic E-state index is 0.0333. The minimum Gasteiger partial charge on any atom is -0.493 e. The van der Waals surface area contributed by atoms with Crippen molar-refractivity contribution in [2.24, 2.45) is 7.05 Å². The summed E-state index contributed by atoms with van der Waals surface area (Å²) in [6.45, 7) is 0.538. The van der Waals surface area contributed by atoms with Gasteiger partial charge in [0, 0.05) is 24.7 Å². The van der Waals surface area contributed by atoms with Crippen LogP contribution in [0.3, 0.4) is 0 Å². The Morgan fingerprint density at radius 3 is 2.90 bits per heavy atom. The number of ether oxygens (including phenoxy) is 1. The molecule has 0 aliphatic carbocycles. The van der Waals surface area contributed by atoms with Crippen molar-refractivity contribution in [3.8, 4) is 5.75 Å². The standard InChI is InChI=1S/C16H16N2O3/c1-18-10-12(6-7-15(18)19)17-9-13-8-11-4-3-5-14(20-2)16(11)21-13/h3-8,10,17H,9H2,1-2H3. The monoisotopic (exact) mass is 284 g/mol. The number of rotatable bonds is 4. The highest BCUT2D eigenvalue weighted by Gasteiger charge is 2.08. The Morgan fingerprint density at radius 2 is 2.14 bits per heavy atom. The van der Waals surface area contributed by atoms with Gasteiger partial charge in [0.05, 0.1) is 19.3 Å². The minimum atomic E-state index is -0.0333. The van der Waals surface area contributed by atoms with Crippen molar-refractivity contribution in [1.29, 1.82) is 0 Å². The number of methoxy groups -OCH3 is 1. The normalized spacial score (nSPS) is 10.8. The van der Waals surface area contributed by atoms with E-state index in [1.165, 1.54) is 10.6 Å². The number of nitrogens with zero attached hydrogens (tertiary/aromatic N) is 1. The first-order valence-electron chi connectivity index (χ1n) is 6.63. The Hall–Kier alpha value is -2.69. The lowest BCUT2D eigenvalue weighted by atomic mass is 10.2. The van der Waals surface area contributed by atoms with Gasteiger partial charge in [0.15, 0.2) is 11.3 Å². The molecule has 0 radical (unpaired) electrons. The molecule has 0 atom stereocenters. The van der Waals surface area contributed by atoms with E-state index in [0.29, 0.717) is 6.54 Å². The smallest absolute Gasteiger partial charge is 0.250 e. The maximum absolute atomic E-state index is 11.3. The Bertz CT molecular complexity index is 833. The molecule has 0 amide bonds. The molecule has 3 rings (SSSR count). The summed E-state index contributed by atoms with van der Waals surface area (Å²) in [7, 11) is 3.35. The molecule has 0 aliphatic rings. The topological polar surface area (TPSA) is 56.4 Å². The van der Waals surface area contributed by atoms with Crippen LogP contribution in [0.25, 0.3) is 11.0 Å². The first-order valence-corrected chi connectivity index (χ1v) is 6.63. The Balaban J connectivity index is 1.82. The average molecular weight is 284 g/mol. The van der Waals surface area contributed by atoms with E-state index in [1.807, 2.05) is 24.3 Å². The van der Waals surface area contributed by atoms with Gasteiger partial charge in [0.2, 0.25) is 5.56 Å². The molecular weight excluding hydrogens is 268 g/mol. The van der Waals surface area contributed by atoms with E-state index in [2.05, 4.69) is 5.32 Å². The molecule has 0 aliphatic heterocycles. The van der Waals surface area contributed by atoms with Crippen LogP contribution in [-0.2, 0) is 13.6 Å². The number of fused-ring (bicyclic) bond motifs is 1. The number of aromatic nitrogens is 1. The first-order chi connectivity index (χ1) is 10.2. The number of benzene rings is 1. The van der Waals surface area contributed by atoms with Gasteiger partial charge in [0.25, 0.3) is 0 Å². The number of anilines is 1. The molecule has 3 aromatic rings.